The van der Waals surface area contributed by atoms with Crippen LogP contribution in [0.5, 0.6) is 0 Å². The van der Waals surface area contributed by atoms with E-state index in [0.717, 1.165) is 4.31 Å². The molecule has 0 radical (unpaired) electrons. The molecule has 2 aromatic rings. The number of sulfonamides is 1. The van der Waals surface area contributed by atoms with Gasteiger partial charge in [0.2, 0.25) is 0 Å². The summed E-state index contributed by atoms with van der Waals surface area (Å²) in [5.74, 6) is 0. The molecule has 5 nitrogen and oxygen atoms in total. The van der Waals surface area contributed by atoms with Crippen molar-refractivity contribution in [2.45, 2.75) is 11.8 Å². The maximum Gasteiger partial charge on any atom is 0.266 e. The Balaban J connectivity index is 2.62. The smallest absolute Gasteiger partial charge is 0.266 e. The van der Waals surface area contributed by atoms with Crippen LogP contribution >= 0.6 is 0 Å². The van der Waals surface area contributed by atoms with Crippen molar-refractivity contribution in [2.75, 3.05) is 17.1 Å². The highest BCUT2D eigenvalue weighted by Crippen LogP contribution is 2.29. The molecule has 0 aliphatic heterocycles. The highest BCUT2D eigenvalue weighted by Gasteiger charge is 2.26. The molecule has 2 N–H and O–H groups in total. The Morgan fingerprint density at radius 1 is 1.14 bits per heavy atom. The van der Waals surface area contributed by atoms with E-state index in [1.807, 2.05) is 6.07 Å². The first-order chi connectivity index (χ1) is 9.89. The topological polar surface area (TPSA) is 87.2 Å². The number of nitriles is 1. The molecule has 2 rings (SSSR count). The van der Waals surface area contributed by atoms with Gasteiger partial charge in [0.05, 0.1) is 16.9 Å². The zero-order chi connectivity index (χ0) is 15.6. The van der Waals surface area contributed by atoms with Gasteiger partial charge in [0.25, 0.3) is 10.0 Å². The average Bonchev–Trinajstić information content (AvgIpc) is 2.46. The molecule has 0 aliphatic carbocycles. The first kappa shape index (κ1) is 14.9. The van der Waals surface area contributed by atoms with E-state index in [1.165, 1.54) is 7.05 Å². The monoisotopic (exact) mass is 301 g/mol. The lowest BCUT2D eigenvalue weighted by molar-refractivity contribution is 0.594. The van der Waals surface area contributed by atoms with E-state index in [4.69, 9.17) is 11.0 Å². The Morgan fingerprint density at radius 2 is 1.81 bits per heavy atom. The average molecular weight is 301 g/mol. The fourth-order valence-electron chi connectivity index (χ4n) is 2.14. The maximum absolute atomic E-state index is 12.8. The fraction of sp³-hybridized carbons (Fsp3) is 0.133. The molecule has 108 valence electrons. The van der Waals surface area contributed by atoms with Gasteiger partial charge in [-0.05, 0) is 30.7 Å². The van der Waals surface area contributed by atoms with Crippen LogP contribution in [-0.2, 0) is 10.0 Å². The second-order valence-corrected chi connectivity index (χ2v) is 6.50. The van der Waals surface area contributed by atoms with Gasteiger partial charge in [0.15, 0.2) is 0 Å². The molecule has 6 heteroatoms. The third-order valence-electron chi connectivity index (χ3n) is 3.22. The lowest BCUT2D eigenvalue weighted by Crippen LogP contribution is -2.28. The summed E-state index contributed by atoms with van der Waals surface area (Å²) < 4.78 is 26.6. The summed E-state index contributed by atoms with van der Waals surface area (Å²) in [6.07, 6.45) is 0. The molecule has 0 bridgehead atoms. The van der Waals surface area contributed by atoms with Crippen LogP contribution in [0.15, 0.2) is 47.4 Å². The minimum atomic E-state index is -3.83. The third kappa shape index (κ3) is 2.56. The zero-order valence-corrected chi connectivity index (χ0v) is 12.6. The van der Waals surface area contributed by atoms with E-state index in [9.17, 15) is 8.42 Å². The van der Waals surface area contributed by atoms with Gasteiger partial charge in [-0.2, -0.15) is 5.26 Å². The van der Waals surface area contributed by atoms with Gasteiger partial charge in [-0.25, -0.2) is 8.42 Å². The minimum absolute atomic E-state index is 0.0697. The quantitative estimate of drug-likeness (QED) is 0.881. The van der Waals surface area contributed by atoms with E-state index in [0.29, 0.717) is 11.3 Å². The molecule has 0 amide bonds. The van der Waals surface area contributed by atoms with Crippen molar-refractivity contribution in [3.8, 4) is 6.07 Å². The van der Waals surface area contributed by atoms with Crippen LogP contribution in [0.25, 0.3) is 0 Å². The van der Waals surface area contributed by atoms with E-state index >= 15 is 0 Å². The molecular weight excluding hydrogens is 286 g/mol. The molecular formula is C15H15N3O2S. The van der Waals surface area contributed by atoms with Gasteiger partial charge in [-0.1, -0.05) is 24.3 Å². The van der Waals surface area contributed by atoms with E-state index < -0.39 is 10.0 Å². The SMILES string of the molecule is Cc1cccc(N)c1S(=O)(=O)N(C)c1ccccc1C#N. The highest BCUT2D eigenvalue weighted by atomic mass is 32.2. The van der Waals surface area contributed by atoms with Crippen LogP contribution in [0.3, 0.4) is 0 Å². The molecule has 0 spiro atoms. The molecule has 0 saturated carbocycles. The molecule has 0 aliphatic rings. The van der Waals surface area contributed by atoms with Crippen molar-refractivity contribution < 1.29 is 8.42 Å². The molecule has 0 aromatic heterocycles. The Labute approximate surface area is 124 Å². The normalized spacial score (nSPS) is 10.9. The second-order valence-electron chi connectivity index (χ2n) is 4.59. The Hall–Kier alpha value is -2.52. The summed E-state index contributed by atoms with van der Waals surface area (Å²) in [7, 11) is -2.41. The molecule has 0 unspecified atom stereocenters. The van der Waals surface area contributed by atoms with Crippen LogP contribution < -0.4 is 10.0 Å². The van der Waals surface area contributed by atoms with Gasteiger partial charge in [0, 0.05) is 7.05 Å². The Morgan fingerprint density at radius 3 is 2.43 bits per heavy atom. The van der Waals surface area contributed by atoms with Crippen molar-refractivity contribution in [1.82, 2.24) is 0 Å². The number of hydrogen-bond acceptors (Lipinski definition) is 4. The van der Waals surface area contributed by atoms with E-state index in [-0.39, 0.29) is 16.1 Å². The van der Waals surface area contributed by atoms with Crippen LogP contribution in [0, 0.1) is 18.3 Å². The first-order valence-corrected chi connectivity index (χ1v) is 7.66. The largest absolute Gasteiger partial charge is 0.398 e. The summed E-state index contributed by atoms with van der Waals surface area (Å²) in [4.78, 5) is 0.0697. The number of nitrogens with zero attached hydrogens (tertiary/aromatic N) is 2. The molecule has 0 heterocycles. The van der Waals surface area contributed by atoms with Crippen LogP contribution in [0.2, 0.25) is 0 Å². The molecule has 0 atom stereocenters. The van der Waals surface area contributed by atoms with Crippen LogP contribution in [0.1, 0.15) is 11.1 Å². The van der Waals surface area contributed by atoms with Crippen molar-refractivity contribution in [3.63, 3.8) is 0 Å². The molecule has 0 fully saturated rings. The summed E-state index contributed by atoms with van der Waals surface area (Å²) in [5.41, 5.74) is 7.19. The predicted molar refractivity (Wildman–Crippen MR) is 82.3 cm³/mol. The standard InChI is InChI=1S/C15H15N3O2S/c1-11-6-5-8-13(17)15(11)21(19,20)18(2)14-9-4-3-7-12(14)10-16/h3-9H,17H2,1-2H3. The molecule has 21 heavy (non-hydrogen) atoms. The van der Waals surface area contributed by atoms with Crippen molar-refractivity contribution >= 4 is 21.4 Å². The molecule has 2 aromatic carbocycles. The summed E-state index contributed by atoms with van der Waals surface area (Å²) in [5, 5.41) is 9.12. The Bertz CT molecular complexity index is 803. The number of nitrogens with two attached hydrogens (primary N) is 1. The molecule has 0 saturated heterocycles. The van der Waals surface area contributed by atoms with Crippen molar-refractivity contribution in [2.24, 2.45) is 0 Å². The fourth-order valence-corrected chi connectivity index (χ4v) is 3.67. The lowest BCUT2D eigenvalue weighted by Gasteiger charge is -2.22. The Kier molecular flexibility index (Phi) is 3.87. The van der Waals surface area contributed by atoms with Gasteiger partial charge in [-0.3, -0.25) is 4.31 Å². The number of hydrogen-bond donors (Lipinski definition) is 1. The first-order valence-electron chi connectivity index (χ1n) is 6.22. The highest BCUT2D eigenvalue weighted by molar-refractivity contribution is 7.93. The van der Waals surface area contributed by atoms with Gasteiger partial charge < -0.3 is 5.73 Å². The number of benzene rings is 2. The van der Waals surface area contributed by atoms with Gasteiger partial charge in [0.1, 0.15) is 11.0 Å². The number of nitrogen functional groups attached to an aromatic ring is 1. The van der Waals surface area contributed by atoms with E-state index in [1.54, 1.807) is 49.4 Å². The summed E-state index contributed by atoms with van der Waals surface area (Å²) >= 11 is 0. The van der Waals surface area contributed by atoms with E-state index in [2.05, 4.69) is 0 Å². The lowest BCUT2D eigenvalue weighted by atomic mass is 10.2. The minimum Gasteiger partial charge on any atom is -0.398 e. The number of aryl methyl sites for hydroxylation is 1. The summed E-state index contributed by atoms with van der Waals surface area (Å²) in [6, 6.07) is 13.5. The second kappa shape index (κ2) is 5.46. The van der Waals surface area contributed by atoms with Crippen molar-refractivity contribution in [3.05, 3.63) is 53.6 Å². The van der Waals surface area contributed by atoms with Crippen LogP contribution in [-0.4, -0.2) is 15.5 Å². The predicted octanol–water partition coefficient (Wildman–Crippen LogP) is 2.27. The van der Waals surface area contributed by atoms with Crippen molar-refractivity contribution in [1.29, 1.82) is 5.26 Å². The van der Waals surface area contributed by atoms with Gasteiger partial charge in [-0.15, -0.1) is 0 Å². The van der Waals surface area contributed by atoms with Gasteiger partial charge >= 0.3 is 0 Å². The maximum atomic E-state index is 12.8. The number of anilines is 2. The zero-order valence-electron chi connectivity index (χ0n) is 11.7. The van der Waals surface area contributed by atoms with Crippen LogP contribution in [0.4, 0.5) is 11.4 Å². The third-order valence-corrected chi connectivity index (χ3v) is 5.22. The summed E-state index contributed by atoms with van der Waals surface area (Å²) in [6.45, 7) is 1.69. The number of rotatable bonds is 3. The number of para-hydroxylation sites is 1.